The van der Waals surface area contributed by atoms with Gasteiger partial charge < -0.3 is 4.57 Å². The van der Waals surface area contributed by atoms with E-state index in [1.807, 2.05) is 12.4 Å². The minimum atomic E-state index is 0.560. The lowest BCUT2D eigenvalue weighted by Gasteiger charge is -2.03. The second kappa shape index (κ2) is 4.71. The molecule has 2 rings (SSSR count). The second-order valence-corrected chi connectivity index (χ2v) is 4.26. The number of aryl methyl sites for hydroxylation is 2. The number of aromatic nitrogens is 2. The van der Waals surface area contributed by atoms with Crippen LogP contribution >= 0.6 is 11.6 Å². The van der Waals surface area contributed by atoms with Crippen LogP contribution in [-0.4, -0.2) is 15.4 Å². The number of fused-ring (bicyclic) bond motifs is 1. The lowest BCUT2D eigenvalue weighted by atomic mass is 10.1. The standard InChI is InChI=1S/C13H15ClN2/c1-10-7-12-13(8-11(10)2)16(9-15-12)6-4-3-5-14/h3-4,7-9H,5-6H2,1-2H3. The van der Waals surface area contributed by atoms with Gasteiger partial charge in [0.1, 0.15) is 0 Å². The Morgan fingerprint density at radius 1 is 1.25 bits per heavy atom. The third-order valence-electron chi connectivity index (χ3n) is 2.79. The number of halogens is 1. The van der Waals surface area contributed by atoms with Crippen molar-refractivity contribution in [3.63, 3.8) is 0 Å². The molecule has 0 radical (unpaired) electrons. The molecule has 2 nitrogen and oxygen atoms in total. The van der Waals surface area contributed by atoms with Crippen LogP contribution in [0.3, 0.4) is 0 Å². The first-order valence-corrected chi connectivity index (χ1v) is 5.89. The molecule has 0 aliphatic rings. The van der Waals surface area contributed by atoms with Crippen molar-refractivity contribution in [2.24, 2.45) is 0 Å². The van der Waals surface area contributed by atoms with Crippen molar-refractivity contribution >= 4 is 22.6 Å². The molecule has 0 saturated heterocycles. The Kier molecular flexibility index (Phi) is 3.30. The van der Waals surface area contributed by atoms with Gasteiger partial charge in [-0.05, 0) is 37.1 Å². The summed E-state index contributed by atoms with van der Waals surface area (Å²) in [6.45, 7) is 5.06. The van der Waals surface area contributed by atoms with Crippen LogP contribution in [-0.2, 0) is 6.54 Å². The van der Waals surface area contributed by atoms with E-state index in [0.717, 1.165) is 12.1 Å². The van der Waals surface area contributed by atoms with Gasteiger partial charge in [-0.15, -0.1) is 11.6 Å². The second-order valence-electron chi connectivity index (χ2n) is 3.95. The quantitative estimate of drug-likeness (QED) is 0.588. The van der Waals surface area contributed by atoms with Crippen LogP contribution < -0.4 is 0 Å². The fourth-order valence-corrected chi connectivity index (χ4v) is 1.84. The smallest absolute Gasteiger partial charge is 0.0961 e. The maximum atomic E-state index is 5.59. The van der Waals surface area contributed by atoms with E-state index in [2.05, 4.69) is 41.6 Å². The van der Waals surface area contributed by atoms with E-state index in [0.29, 0.717) is 5.88 Å². The minimum Gasteiger partial charge on any atom is -0.327 e. The summed E-state index contributed by atoms with van der Waals surface area (Å²) in [7, 11) is 0. The summed E-state index contributed by atoms with van der Waals surface area (Å²) in [5, 5.41) is 0. The summed E-state index contributed by atoms with van der Waals surface area (Å²) in [6.07, 6.45) is 5.89. The number of rotatable bonds is 3. The molecule has 3 heteroatoms. The summed E-state index contributed by atoms with van der Waals surface area (Å²) in [5.74, 6) is 0.560. The normalized spacial score (nSPS) is 11.7. The predicted octanol–water partition coefficient (Wildman–Crippen LogP) is 3.45. The first kappa shape index (κ1) is 11.2. The molecule has 0 aliphatic carbocycles. The van der Waals surface area contributed by atoms with E-state index >= 15 is 0 Å². The number of benzene rings is 1. The van der Waals surface area contributed by atoms with E-state index < -0.39 is 0 Å². The molecule has 0 unspecified atom stereocenters. The lowest BCUT2D eigenvalue weighted by molar-refractivity contribution is 0.848. The van der Waals surface area contributed by atoms with Crippen molar-refractivity contribution in [3.8, 4) is 0 Å². The van der Waals surface area contributed by atoms with E-state index in [1.54, 1.807) is 0 Å². The third kappa shape index (κ3) is 2.12. The fourth-order valence-electron chi connectivity index (χ4n) is 1.71. The molecule has 2 aromatic rings. The highest BCUT2D eigenvalue weighted by Gasteiger charge is 2.03. The molecule has 1 heterocycles. The van der Waals surface area contributed by atoms with Gasteiger partial charge in [-0.1, -0.05) is 12.2 Å². The number of hydrogen-bond acceptors (Lipinski definition) is 1. The zero-order valence-corrected chi connectivity index (χ0v) is 10.3. The molecule has 1 aromatic heterocycles. The molecule has 0 amide bonds. The topological polar surface area (TPSA) is 17.8 Å². The van der Waals surface area contributed by atoms with Crippen LogP contribution in [0.25, 0.3) is 11.0 Å². The van der Waals surface area contributed by atoms with Crippen molar-refractivity contribution in [1.82, 2.24) is 9.55 Å². The Labute approximate surface area is 101 Å². The predicted molar refractivity (Wildman–Crippen MR) is 69.1 cm³/mol. The average molecular weight is 235 g/mol. The molecule has 0 fully saturated rings. The van der Waals surface area contributed by atoms with Gasteiger partial charge in [0.15, 0.2) is 0 Å². The fraction of sp³-hybridized carbons (Fsp3) is 0.308. The Balaban J connectivity index is 2.40. The molecule has 16 heavy (non-hydrogen) atoms. The maximum absolute atomic E-state index is 5.59. The molecule has 0 bridgehead atoms. The zero-order valence-electron chi connectivity index (χ0n) is 9.57. The number of allylic oxidation sites excluding steroid dienone is 2. The molecule has 0 saturated carbocycles. The summed E-state index contributed by atoms with van der Waals surface area (Å²) in [4.78, 5) is 4.40. The molecule has 84 valence electrons. The molecule has 0 aliphatic heterocycles. The maximum Gasteiger partial charge on any atom is 0.0961 e. The van der Waals surface area contributed by atoms with Gasteiger partial charge in [0.2, 0.25) is 0 Å². The Bertz CT molecular complexity index is 526. The number of imidazole rings is 1. The van der Waals surface area contributed by atoms with Gasteiger partial charge in [0, 0.05) is 12.4 Å². The highest BCUT2D eigenvalue weighted by molar-refractivity contribution is 6.18. The monoisotopic (exact) mass is 234 g/mol. The Morgan fingerprint density at radius 3 is 2.75 bits per heavy atom. The SMILES string of the molecule is Cc1cc2ncn(CC=CCCl)c2cc1C. The first-order valence-electron chi connectivity index (χ1n) is 5.35. The van der Waals surface area contributed by atoms with Gasteiger partial charge in [0.25, 0.3) is 0 Å². The van der Waals surface area contributed by atoms with E-state index in [1.165, 1.54) is 16.6 Å². The molecule has 0 spiro atoms. The van der Waals surface area contributed by atoms with Gasteiger partial charge in [-0.3, -0.25) is 0 Å². The van der Waals surface area contributed by atoms with E-state index in [9.17, 15) is 0 Å². The number of hydrogen-bond donors (Lipinski definition) is 0. The van der Waals surface area contributed by atoms with Crippen molar-refractivity contribution in [2.75, 3.05) is 5.88 Å². The summed E-state index contributed by atoms with van der Waals surface area (Å²) < 4.78 is 2.13. The molecule has 1 aromatic carbocycles. The van der Waals surface area contributed by atoms with Crippen LogP contribution in [0.4, 0.5) is 0 Å². The summed E-state index contributed by atoms with van der Waals surface area (Å²) in [6, 6.07) is 4.32. The van der Waals surface area contributed by atoms with Crippen LogP contribution in [0.15, 0.2) is 30.6 Å². The highest BCUT2D eigenvalue weighted by Crippen LogP contribution is 2.18. The van der Waals surface area contributed by atoms with E-state index in [4.69, 9.17) is 11.6 Å². The molecular formula is C13H15ClN2. The van der Waals surface area contributed by atoms with Gasteiger partial charge in [-0.2, -0.15) is 0 Å². The molecule has 0 atom stereocenters. The zero-order chi connectivity index (χ0) is 11.5. The van der Waals surface area contributed by atoms with Crippen molar-refractivity contribution in [1.29, 1.82) is 0 Å². The van der Waals surface area contributed by atoms with Crippen molar-refractivity contribution < 1.29 is 0 Å². The van der Waals surface area contributed by atoms with Crippen LogP contribution in [0.2, 0.25) is 0 Å². The number of nitrogens with zero attached hydrogens (tertiary/aromatic N) is 2. The van der Waals surface area contributed by atoms with Crippen LogP contribution in [0.1, 0.15) is 11.1 Å². The highest BCUT2D eigenvalue weighted by atomic mass is 35.5. The molecular weight excluding hydrogens is 220 g/mol. The summed E-state index contributed by atoms with van der Waals surface area (Å²) >= 11 is 5.59. The summed E-state index contributed by atoms with van der Waals surface area (Å²) in [5.41, 5.74) is 4.83. The van der Waals surface area contributed by atoms with Crippen molar-refractivity contribution in [3.05, 3.63) is 41.7 Å². The van der Waals surface area contributed by atoms with Crippen molar-refractivity contribution in [2.45, 2.75) is 20.4 Å². The van der Waals surface area contributed by atoms with Gasteiger partial charge >= 0.3 is 0 Å². The molecule has 0 N–H and O–H groups in total. The lowest BCUT2D eigenvalue weighted by Crippen LogP contribution is -1.93. The Hall–Kier alpha value is -1.28. The van der Waals surface area contributed by atoms with E-state index in [-0.39, 0.29) is 0 Å². The number of alkyl halides is 1. The van der Waals surface area contributed by atoms with Gasteiger partial charge in [-0.25, -0.2) is 4.98 Å². The minimum absolute atomic E-state index is 0.560. The van der Waals surface area contributed by atoms with Crippen LogP contribution in [0, 0.1) is 13.8 Å². The largest absolute Gasteiger partial charge is 0.327 e. The third-order valence-corrected chi connectivity index (χ3v) is 2.97. The van der Waals surface area contributed by atoms with Crippen LogP contribution in [0.5, 0.6) is 0 Å². The first-order chi connectivity index (χ1) is 7.72. The van der Waals surface area contributed by atoms with Gasteiger partial charge in [0.05, 0.1) is 17.4 Å². The average Bonchev–Trinajstić information content (AvgIpc) is 2.63. The Morgan fingerprint density at radius 2 is 2.00 bits per heavy atom.